The van der Waals surface area contributed by atoms with Crippen LogP contribution in [0.4, 0.5) is 5.69 Å². The third-order valence-electron chi connectivity index (χ3n) is 3.43. The Morgan fingerprint density at radius 1 is 1.08 bits per heavy atom. The maximum absolute atomic E-state index is 12.3. The third-order valence-corrected chi connectivity index (χ3v) is 5.32. The van der Waals surface area contributed by atoms with Crippen molar-refractivity contribution in [3.8, 4) is 11.5 Å². The van der Waals surface area contributed by atoms with E-state index in [4.69, 9.17) is 21.1 Å². The van der Waals surface area contributed by atoms with E-state index in [9.17, 15) is 13.2 Å². The van der Waals surface area contributed by atoms with Gasteiger partial charge in [-0.2, -0.15) is 0 Å². The molecule has 3 rings (SSSR count). The first kappa shape index (κ1) is 17.6. The molecule has 8 heteroatoms. The zero-order valence-corrected chi connectivity index (χ0v) is 15.1. The Hall–Kier alpha value is -2.25. The maximum Gasteiger partial charge on any atom is 0.246 e. The van der Waals surface area contributed by atoms with Crippen molar-refractivity contribution in [2.75, 3.05) is 11.1 Å². The molecule has 6 nitrogen and oxygen atoms in total. The third kappa shape index (κ3) is 4.05. The van der Waals surface area contributed by atoms with Crippen molar-refractivity contribution < 1.29 is 22.7 Å². The van der Waals surface area contributed by atoms with Crippen molar-refractivity contribution in [2.45, 2.75) is 24.5 Å². The predicted octanol–water partition coefficient (Wildman–Crippen LogP) is 3.26. The molecule has 0 saturated carbocycles. The Morgan fingerprint density at radius 2 is 1.72 bits per heavy atom. The summed E-state index contributed by atoms with van der Waals surface area (Å²) >= 11 is 5.75. The first-order valence-corrected chi connectivity index (χ1v) is 9.48. The average Bonchev–Trinajstić information content (AvgIpc) is 2.80. The number of halogens is 1. The summed E-state index contributed by atoms with van der Waals surface area (Å²) in [5.41, 5.74) is 0.427. The summed E-state index contributed by atoms with van der Waals surface area (Å²) in [6, 6.07) is 10.5. The molecule has 0 radical (unpaired) electrons. The van der Waals surface area contributed by atoms with Gasteiger partial charge < -0.3 is 14.8 Å². The molecule has 1 heterocycles. The van der Waals surface area contributed by atoms with Gasteiger partial charge in [0.2, 0.25) is 11.7 Å². The van der Waals surface area contributed by atoms with Gasteiger partial charge >= 0.3 is 0 Å². The summed E-state index contributed by atoms with van der Waals surface area (Å²) in [5.74, 6) is -1.04. The molecule has 0 saturated heterocycles. The second kappa shape index (κ2) is 6.24. The SMILES string of the molecule is CC1(C)Oc2ccc(NC(=O)CS(=O)(=O)c3ccc(Cl)cc3)cc2O1. The smallest absolute Gasteiger partial charge is 0.246 e. The lowest BCUT2D eigenvalue weighted by Crippen LogP contribution is -2.29. The highest BCUT2D eigenvalue weighted by molar-refractivity contribution is 7.92. The highest BCUT2D eigenvalue weighted by Gasteiger charge is 2.31. The van der Waals surface area contributed by atoms with Crippen molar-refractivity contribution in [1.82, 2.24) is 0 Å². The lowest BCUT2D eigenvalue weighted by molar-refractivity contribution is -0.113. The summed E-state index contributed by atoms with van der Waals surface area (Å²) in [7, 11) is -3.75. The van der Waals surface area contributed by atoms with E-state index in [1.807, 2.05) is 0 Å². The minimum absolute atomic E-state index is 0.0412. The Kier molecular flexibility index (Phi) is 4.38. The van der Waals surface area contributed by atoms with Gasteiger partial charge in [0.1, 0.15) is 5.75 Å². The molecule has 1 aliphatic rings. The highest BCUT2D eigenvalue weighted by atomic mass is 35.5. The topological polar surface area (TPSA) is 81.7 Å². The van der Waals surface area contributed by atoms with Crippen molar-refractivity contribution in [3.63, 3.8) is 0 Å². The molecule has 132 valence electrons. The van der Waals surface area contributed by atoms with Crippen molar-refractivity contribution in [1.29, 1.82) is 0 Å². The standard InChI is InChI=1S/C17H16ClNO5S/c1-17(2)23-14-8-5-12(9-15(14)24-17)19-16(20)10-25(21,22)13-6-3-11(18)4-7-13/h3-9H,10H2,1-2H3,(H,19,20). The van der Waals surface area contributed by atoms with Crippen LogP contribution in [0.5, 0.6) is 11.5 Å². The van der Waals surface area contributed by atoms with Crippen LogP contribution in [0.3, 0.4) is 0 Å². The van der Waals surface area contributed by atoms with Crippen LogP contribution in [0.25, 0.3) is 0 Å². The lowest BCUT2D eigenvalue weighted by atomic mass is 10.3. The molecule has 0 bridgehead atoms. The summed E-state index contributed by atoms with van der Waals surface area (Å²) in [5, 5.41) is 2.98. The molecule has 2 aromatic rings. The predicted molar refractivity (Wildman–Crippen MR) is 93.9 cm³/mol. The minimum atomic E-state index is -3.75. The van der Waals surface area contributed by atoms with Gasteiger partial charge in [0, 0.05) is 30.6 Å². The van der Waals surface area contributed by atoms with Crippen LogP contribution in [0.15, 0.2) is 47.4 Å². The molecule has 0 unspecified atom stereocenters. The first-order chi connectivity index (χ1) is 11.6. The van der Waals surface area contributed by atoms with Crippen LogP contribution in [-0.2, 0) is 14.6 Å². The molecule has 1 amide bonds. The van der Waals surface area contributed by atoms with Crippen LogP contribution in [0, 0.1) is 0 Å². The fourth-order valence-corrected chi connectivity index (χ4v) is 3.66. The molecule has 0 aromatic heterocycles. The van der Waals surface area contributed by atoms with E-state index in [2.05, 4.69) is 5.32 Å². The highest BCUT2D eigenvalue weighted by Crippen LogP contribution is 2.40. The maximum atomic E-state index is 12.3. The molecule has 0 fully saturated rings. The minimum Gasteiger partial charge on any atom is -0.449 e. The van der Waals surface area contributed by atoms with Crippen LogP contribution >= 0.6 is 11.6 Å². The number of anilines is 1. The number of sulfone groups is 1. The lowest BCUT2D eigenvalue weighted by Gasteiger charge is -2.16. The zero-order valence-electron chi connectivity index (χ0n) is 13.6. The van der Waals surface area contributed by atoms with Gasteiger partial charge in [0.15, 0.2) is 21.3 Å². The first-order valence-electron chi connectivity index (χ1n) is 7.45. The fourth-order valence-electron chi connectivity index (χ4n) is 2.40. The summed E-state index contributed by atoms with van der Waals surface area (Å²) < 4.78 is 35.7. The second-order valence-corrected chi connectivity index (χ2v) is 8.45. The van der Waals surface area contributed by atoms with Crippen LogP contribution < -0.4 is 14.8 Å². The molecule has 0 atom stereocenters. The molecular weight excluding hydrogens is 366 g/mol. The van der Waals surface area contributed by atoms with E-state index in [1.165, 1.54) is 24.3 Å². The zero-order chi connectivity index (χ0) is 18.2. The molecule has 1 aliphatic heterocycles. The monoisotopic (exact) mass is 381 g/mol. The average molecular weight is 382 g/mol. The number of fused-ring (bicyclic) bond motifs is 1. The molecule has 25 heavy (non-hydrogen) atoms. The number of nitrogens with one attached hydrogen (secondary N) is 1. The normalized spacial score (nSPS) is 15.0. The number of hydrogen-bond acceptors (Lipinski definition) is 5. The molecule has 1 N–H and O–H groups in total. The number of amides is 1. The summed E-state index contributed by atoms with van der Waals surface area (Å²) in [4.78, 5) is 12.1. The number of carbonyl (C=O) groups excluding carboxylic acids is 1. The second-order valence-electron chi connectivity index (χ2n) is 6.03. The van der Waals surface area contributed by atoms with Gasteiger partial charge in [-0.25, -0.2) is 8.42 Å². The fraction of sp³-hybridized carbons (Fsp3) is 0.235. The quantitative estimate of drug-likeness (QED) is 0.879. The van der Waals surface area contributed by atoms with Crippen LogP contribution in [0.1, 0.15) is 13.8 Å². The Labute approximate surface area is 150 Å². The van der Waals surface area contributed by atoms with Crippen molar-refractivity contribution >= 4 is 33.0 Å². The van der Waals surface area contributed by atoms with Gasteiger partial charge in [-0.05, 0) is 36.4 Å². The van der Waals surface area contributed by atoms with E-state index < -0.39 is 27.3 Å². The van der Waals surface area contributed by atoms with E-state index in [0.29, 0.717) is 22.2 Å². The Bertz CT molecular complexity index is 923. The summed E-state index contributed by atoms with van der Waals surface area (Å²) in [6.45, 7) is 3.54. The van der Waals surface area contributed by atoms with Crippen LogP contribution in [-0.4, -0.2) is 25.9 Å². The van der Waals surface area contributed by atoms with E-state index >= 15 is 0 Å². The Morgan fingerprint density at radius 3 is 2.40 bits per heavy atom. The summed E-state index contributed by atoms with van der Waals surface area (Å²) in [6.07, 6.45) is 0. The molecule has 2 aromatic carbocycles. The molecule has 0 aliphatic carbocycles. The van der Waals surface area contributed by atoms with Gasteiger partial charge in [-0.15, -0.1) is 0 Å². The van der Waals surface area contributed by atoms with Gasteiger partial charge in [0.05, 0.1) is 4.90 Å². The number of benzene rings is 2. The Balaban J connectivity index is 1.70. The molecular formula is C17H16ClNO5S. The van der Waals surface area contributed by atoms with Crippen LogP contribution in [0.2, 0.25) is 5.02 Å². The van der Waals surface area contributed by atoms with E-state index in [1.54, 1.807) is 32.0 Å². The van der Waals surface area contributed by atoms with E-state index in [-0.39, 0.29) is 4.90 Å². The van der Waals surface area contributed by atoms with Gasteiger partial charge in [-0.1, -0.05) is 11.6 Å². The van der Waals surface area contributed by atoms with Gasteiger partial charge in [-0.3, -0.25) is 4.79 Å². The van der Waals surface area contributed by atoms with E-state index in [0.717, 1.165) is 0 Å². The number of carbonyl (C=O) groups is 1. The van der Waals surface area contributed by atoms with Gasteiger partial charge in [0.25, 0.3) is 0 Å². The van der Waals surface area contributed by atoms with Crippen molar-refractivity contribution in [2.24, 2.45) is 0 Å². The number of rotatable bonds is 4. The largest absolute Gasteiger partial charge is 0.449 e. The van der Waals surface area contributed by atoms with Crippen molar-refractivity contribution in [3.05, 3.63) is 47.5 Å². The number of hydrogen-bond donors (Lipinski definition) is 1. The molecule has 0 spiro atoms. The number of ether oxygens (including phenoxy) is 2.